The Kier molecular flexibility index (Phi) is 3.11. The number of rotatable bonds is 2. The van der Waals surface area contributed by atoms with E-state index in [9.17, 15) is 0 Å². The SMILES string of the molecule is [2H]c1nc(B2OC(C)(C)C(C)(C)O2)c([2H])c([2H])c1N1CCCC(C)C1. The van der Waals surface area contributed by atoms with Crippen LogP contribution >= 0.6 is 0 Å². The molecule has 3 heterocycles. The van der Waals surface area contributed by atoms with Crippen LogP contribution in [0.15, 0.2) is 18.3 Å². The number of aromatic nitrogens is 1. The Hall–Kier alpha value is -1.07. The summed E-state index contributed by atoms with van der Waals surface area (Å²) >= 11 is 0. The van der Waals surface area contributed by atoms with Crippen LogP contribution < -0.4 is 10.5 Å². The van der Waals surface area contributed by atoms with E-state index in [0.29, 0.717) is 11.6 Å². The van der Waals surface area contributed by atoms with Gasteiger partial charge in [-0.3, -0.25) is 4.98 Å². The van der Waals surface area contributed by atoms with Crippen LogP contribution in [-0.4, -0.2) is 36.4 Å². The predicted molar refractivity (Wildman–Crippen MR) is 90.6 cm³/mol. The van der Waals surface area contributed by atoms with Crippen LogP contribution in [0.25, 0.3) is 0 Å². The van der Waals surface area contributed by atoms with Crippen LogP contribution in [0.5, 0.6) is 0 Å². The molecule has 0 N–H and O–H groups in total. The van der Waals surface area contributed by atoms with Gasteiger partial charge in [0, 0.05) is 19.3 Å². The summed E-state index contributed by atoms with van der Waals surface area (Å²) in [5.74, 6) is 0.518. The lowest BCUT2D eigenvalue weighted by molar-refractivity contribution is 0.00578. The van der Waals surface area contributed by atoms with Crippen molar-refractivity contribution in [1.82, 2.24) is 4.98 Å². The van der Waals surface area contributed by atoms with Crippen molar-refractivity contribution in [3.05, 3.63) is 18.3 Å². The molecule has 1 unspecified atom stereocenters. The molecular weight excluding hydrogens is 275 g/mol. The van der Waals surface area contributed by atoms with Gasteiger partial charge in [-0.1, -0.05) is 6.92 Å². The van der Waals surface area contributed by atoms with Crippen molar-refractivity contribution in [2.75, 3.05) is 18.0 Å². The van der Waals surface area contributed by atoms with Crippen LogP contribution in [0, 0.1) is 5.92 Å². The van der Waals surface area contributed by atoms with Gasteiger partial charge in [-0.25, -0.2) is 0 Å². The summed E-state index contributed by atoms with van der Waals surface area (Å²) in [5, 5.41) is 0. The summed E-state index contributed by atoms with van der Waals surface area (Å²) in [5.41, 5.74) is -0.409. The third-order valence-electron chi connectivity index (χ3n) is 5.04. The quantitative estimate of drug-likeness (QED) is 0.787. The largest absolute Gasteiger partial charge is 0.514 e. The third kappa shape index (κ3) is 2.89. The van der Waals surface area contributed by atoms with E-state index < -0.39 is 18.3 Å². The van der Waals surface area contributed by atoms with Crippen LogP contribution in [-0.2, 0) is 9.31 Å². The number of pyridine rings is 1. The molecule has 2 saturated heterocycles. The Morgan fingerprint density at radius 3 is 2.59 bits per heavy atom. The first kappa shape index (κ1) is 12.4. The Morgan fingerprint density at radius 1 is 1.27 bits per heavy atom. The lowest BCUT2D eigenvalue weighted by Crippen LogP contribution is -2.41. The molecule has 3 rings (SSSR count). The van der Waals surface area contributed by atoms with Crippen LogP contribution in [0.1, 0.15) is 51.6 Å². The van der Waals surface area contributed by atoms with Gasteiger partial charge < -0.3 is 14.2 Å². The maximum atomic E-state index is 8.44. The summed E-state index contributed by atoms with van der Waals surface area (Å²) in [7, 11) is -0.819. The van der Waals surface area contributed by atoms with Crippen molar-refractivity contribution in [3.63, 3.8) is 0 Å². The van der Waals surface area contributed by atoms with E-state index in [2.05, 4.69) is 11.9 Å². The molecule has 1 aromatic heterocycles. The molecule has 0 aromatic carbocycles. The van der Waals surface area contributed by atoms with Gasteiger partial charge in [-0.05, 0) is 58.5 Å². The van der Waals surface area contributed by atoms with Gasteiger partial charge in [0.2, 0.25) is 0 Å². The second kappa shape index (κ2) is 5.53. The first-order valence-electron chi connectivity index (χ1n) is 9.62. The Morgan fingerprint density at radius 2 is 1.95 bits per heavy atom. The number of piperidine rings is 1. The van der Waals surface area contributed by atoms with Crippen molar-refractivity contribution in [2.45, 2.75) is 58.7 Å². The molecule has 2 aliphatic heterocycles. The zero-order valence-electron chi connectivity index (χ0n) is 17.2. The topological polar surface area (TPSA) is 34.6 Å². The van der Waals surface area contributed by atoms with E-state index >= 15 is 0 Å². The average molecular weight is 305 g/mol. The second-order valence-corrected chi connectivity index (χ2v) is 7.49. The van der Waals surface area contributed by atoms with Crippen molar-refractivity contribution in [1.29, 1.82) is 0 Å². The lowest BCUT2D eigenvalue weighted by Gasteiger charge is -2.32. The number of nitrogens with zero attached hydrogens (tertiary/aromatic N) is 2. The fourth-order valence-corrected chi connectivity index (χ4v) is 2.90. The van der Waals surface area contributed by atoms with Crippen LogP contribution in [0.4, 0.5) is 5.69 Å². The van der Waals surface area contributed by atoms with Gasteiger partial charge in [0.1, 0.15) is 0 Å². The Balaban J connectivity index is 1.96. The van der Waals surface area contributed by atoms with Gasteiger partial charge in [0.15, 0.2) is 0 Å². The fraction of sp³-hybridized carbons (Fsp3) is 0.706. The van der Waals surface area contributed by atoms with E-state index in [1.807, 2.05) is 32.6 Å². The molecule has 22 heavy (non-hydrogen) atoms. The molecule has 0 amide bonds. The van der Waals surface area contributed by atoms with Crippen molar-refractivity contribution in [3.8, 4) is 0 Å². The van der Waals surface area contributed by atoms with E-state index in [4.69, 9.17) is 13.4 Å². The number of anilines is 1. The van der Waals surface area contributed by atoms with E-state index in [-0.39, 0.29) is 23.9 Å². The summed E-state index contributed by atoms with van der Waals surface area (Å²) < 4.78 is 37.1. The number of hydrogen-bond donors (Lipinski definition) is 0. The van der Waals surface area contributed by atoms with Crippen molar-refractivity contribution in [2.24, 2.45) is 5.92 Å². The van der Waals surface area contributed by atoms with Crippen LogP contribution in [0.3, 0.4) is 0 Å². The van der Waals surface area contributed by atoms with Gasteiger partial charge >= 0.3 is 7.12 Å². The summed E-state index contributed by atoms with van der Waals surface area (Å²) in [6.07, 6.45) is 2.22. The third-order valence-corrected chi connectivity index (χ3v) is 5.04. The van der Waals surface area contributed by atoms with E-state index in [0.717, 1.165) is 25.9 Å². The van der Waals surface area contributed by atoms with Gasteiger partial charge in [0.05, 0.1) is 26.6 Å². The molecule has 1 aromatic rings. The zero-order valence-corrected chi connectivity index (χ0v) is 14.2. The molecule has 2 fully saturated rings. The minimum absolute atomic E-state index is 0.0114. The highest BCUT2D eigenvalue weighted by Gasteiger charge is 2.52. The Labute approximate surface area is 138 Å². The molecule has 1 atom stereocenters. The molecule has 0 aliphatic carbocycles. The fourth-order valence-electron chi connectivity index (χ4n) is 2.90. The first-order valence-corrected chi connectivity index (χ1v) is 8.12. The molecule has 2 aliphatic rings. The predicted octanol–water partition coefficient (Wildman–Crippen LogP) is 2.62. The smallest absolute Gasteiger partial charge is 0.398 e. The first-order chi connectivity index (χ1) is 11.5. The molecule has 0 radical (unpaired) electrons. The molecule has 120 valence electrons. The standard InChI is InChI=1S/C17H27BN2O2/c1-13-7-6-10-20(12-13)14-8-9-15(19-11-14)18-21-16(2,3)17(4,5)22-18/h8-9,11,13H,6-7,10,12H2,1-5H3/i8D,9D,11D. The highest BCUT2D eigenvalue weighted by atomic mass is 16.7. The average Bonchev–Trinajstić information content (AvgIpc) is 2.71. The highest BCUT2D eigenvalue weighted by molar-refractivity contribution is 6.61. The number of hydrogen-bond acceptors (Lipinski definition) is 4. The van der Waals surface area contributed by atoms with Gasteiger partial charge in [-0.15, -0.1) is 0 Å². The maximum Gasteiger partial charge on any atom is 0.514 e. The monoisotopic (exact) mass is 305 g/mol. The molecule has 4 nitrogen and oxygen atoms in total. The molecule has 0 spiro atoms. The minimum atomic E-state index is -0.819. The zero-order chi connectivity index (χ0) is 18.6. The lowest BCUT2D eigenvalue weighted by atomic mass is 9.84. The van der Waals surface area contributed by atoms with Crippen molar-refractivity contribution < 1.29 is 13.4 Å². The minimum Gasteiger partial charge on any atom is -0.398 e. The van der Waals surface area contributed by atoms with Gasteiger partial charge in [-0.2, -0.15) is 0 Å². The van der Waals surface area contributed by atoms with Crippen molar-refractivity contribution >= 4 is 18.4 Å². The molecule has 0 bridgehead atoms. The maximum absolute atomic E-state index is 8.44. The summed E-state index contributed by atoms with van der Waals surface area (Å²) in [4.78, 5) is 6.34. The molecule has 5 heteroatoms. The van der Waals surface area contributed by atoms with E-state index in [1.54, 1.807) is 0 Å². The highest BCUT2D eigenvalue weighted by Crippen LogP contribution is 2.36. The second-order valence-electron chi connectivity index (χ2n) is 7.49. The summed E-state index contributed by atoms with van der Waals surface area (Å²) in [6, 6.07) is 0.0292. The Bertz CT molecular complexity index is 668. The summed E-state index contributed by atoms with van der Waals surface area (Å²) in [6.45, 7) is 11.5. The van der Waals surface area contributed by atoms with Gasteiger partial charge in [0.25, 0.3) is 0 Å². The van der Waals surface area contributed by atoms with Crippen LogP contribution in [0.2, 0.25) is 0 Å². The normalized spacial score (nSPS) is 29.1. The van der Waals surface area contributed by atoms with E-state index in [1.165, 1.54) is 0 Å². The molecular formula is C17H27BN2O2. The molecule has 0 saturated carbocycles.